The lowest BCUT2D eigenvalue weighted by atomic mass is 9.97. The standard InChI is InChI=1S/C19H27N3O3.ClH/c20-13-19(9-1-2-10-19)22-18(24)4-3-11-25-15-6-7-16-14(12-15)5-8-17(23)21-16;/h6-7,12H,1-5,8-11,13,20H2,(H,21,23)(H,22,24);1H. The van der Waals surface area contributed by atoms with E-state index in [0.29, 0.717) is 32.4 Å². The van der Waals surface area contributed by atoms with Gasteiger partial charge in [-0.2, -0.15) is 0 Å². The molecule has 6 nitrogen and oxygen atoms in total. The minimum atomic E-state index is -0.180. The van der Waals surface area contributed by atoms with Crippen LogP contribution in [0.3, 0.4) is 0 Å². The number of amides is 2. The van der Waals surface area contributed by atoms with Crippen LogP contribution in [-0.4, -0.2) is 30.5 Å². The molecule has 7 heteroatoms. The van der Waals surface area contributed by atoms with Crippen molar-refractivity contribution in [2.24, 2.45) is 5.73 Å². The summed E-state index contributed by atoms with van der Waals surface area (Å²) in [5, 5.41) is 5.98. The van der Waals surface area contributed by atoms with Crippen molar-refractivity contribution in [1.29, 1.82) is 0 Å². The summed E-state index contributed by atoms with van der Waals surface area (Å²) in [6.45, 7) is 1.01. The number of fused-ring (bicyclic) bond motifs is 1. The first kappa shape index (κ1) is 20.5. The lowest BCUT2D eigenvalue weighted by Crippen LogP contribution is -2.51. The monoisotopic (exact) mass is 381 g/mol. The van der Waals surface area contributed by atoms with Crippen molar-refractivity contribution in [1.82, 2.24) is 5.32 Å². The van der Waals surface area contributed by atoms with Crippen LogP contribution in [-0.2, 0) is 16.0 Å². The lowest BCUT2D eigenvalue weighted by molar-refractivity contribution is -0.123. The lowest BCUT2D eigenvalue weighted by Gasteiger charge is -2.28. The molecule has 26 heavy (non-hydrogen) atoms. The number of anilines is 1. The highest BCUT2D eigenvalue weighted by molar-refractivity contribution is 5.94. The van der Waals surface area contributed by atoms with Crippen molar-refractivity contribution < 1.29 is 14.3 Å². The minimum absolute atomic E-state index is 0. The Bertz CT molecular complexity index is 645. The third-order valence-corrected chi connectivity index (χ3v) is 5.15. The van der Waals surface area contributed by atoms with Gasteiger partial charge in [-0.1, -0.05) is 12.8 Å². The predicted octanol–water partition coefficient (Wildman–Crippen LogP) is 2.54. The van der Waals surface area contributed by atoms with E-state index in [-0.39, 0.29) is 29.8 Å². The molecule has 0 radical (unpaired) electrons. The van der Waals surface area contributed by atoms with Gasteiger partial charge in [-0.15, -0.1) is 12.4 Å². The van der Waals surface area contributed by atoms with Crippen molar-refractivity contribution in [3.63, 3.8) is 0 Å². The van der Waals surface area contributed by atoms with Crippen LogP contribution in [0.5, 0.6) is 5.75 Å². The first-order valence-corrected chi connectivity index (χ1v) is 9.17. The highest BCUT2D eigenvalue weighted by Crippen LogP contribution is 2.29. The number of halogens is 1. The summed E-state index contributed by atoms with van der Waals surface area (Å²) in [6, 6.07) is 5.70. The molecule has 1 aromatic rings. The number of rotatable bonds is 7. The smallest absolute Gasteiger partial charge is 0.224 e. The second kappa shape index (κ2) is 9.24. The van der Waals surface area contributed by atoms with Crippen molar-refractivity contribution in [2.45, 2.75) is 56.9 Å². The Morgan fingerprint density at radius 3 is 2.77 bits per heavy atom. The van der Waals surface area contributed by atoms with Crippen molar-refractivity contribution in [3.05, 3.63) is 23.8 Å². The zero-order chi connectivity index (χ0) is 17.7. The van der Waals surface area contributed by atoms with Crippen LogP contribution < -0.4 is 21.1 Å². The Kier molecular flexibility index (Phi) is 7.29. The SMILES string of the molecule is Cl.NCC1(NC(=O)CCCOc2ccc3c(c2)CCC(=O)N3)CCCC1. The quantitative estimate of drug-likeness (QED) is 0.632. The zero-order valence-corrected chi connectivity index (χ0v) is 15.8. The van der Waals surface area contributed by atoms with Crippen LogP contribution in [0.2, 0.25) is 0 Å². The van der Waals surface area contributed by atoms with Crippen LogP contribution >= 0.6 is 12.4 Å². The molecule has 0 saturated heterocycles. The number of carbonyl (C=O) groups is 2. The predicted molar refractivity (Wildman–Crippen MR) is 104 cm³/mol. The molecule has 1 fully saturated rings. The summed E-state index contributed by atoms with van der Waals surface area (Å²) in [7, 11) is 0. The van der Waals surface area contributed by atoms with Gasteiger partial charge in [0.25, 0.3) is 0 Å². The van der Waals surface area contributed by atoms with E-state index < -0.39 is 0 Å². The van der Waals surface area contributed by atoms with Crippen LogP contribution in [0, 0.1) is 0 Å². The molecule has 3 rings (SSSR count). The number of carbonyl (C=O) groups excluding carboxylic acids is 2. The van der Waals surface area contributed by atoms with E-state index in [1.54, 1.807) is 0 Å². The van der Waals surface area contributed by atoms with E-state index in [1.165, 1.54) is 0 Å². The topological polar surface area (TPSA) is 93.4 Å². The molecule has 1 aliphatic heterocycles. The van der Waals surface area contributed by atoms with Crippen molar-refractivity contribution in [2.75, 3.05) is 18.5 Å². The van der Waals surface area contributed by atoms with Gasteiger partial charge >= 0.3 is 0 Å². The number of ether oxygens (including phenoxy) is 1. The molecule has 0 atom stereocenters. The maximum Gasteiger partial charge on any atom is 0.224 e. The molecule has 144 valence electrons. The summed E-state index contributed by atoms with van der Waals surface area (Å²) in [6.07, 6.45) is 6.61. The largest absolute Gasteiger partial charge is 0.494 e. The molecule has 0 bridgehead atoms. The van der Waals surface area contributed by atoms with Gasteiger partial charge in [0, 0.05) is 25.1 Å². The van der Waals surface area contributed by atoms with E-state index in [2.05, 4.69) is 10.6 Å². The Labute approximate surface area is 160 Å². The van der Waals surface area contributed by atoms with Gasteiger partial charge in [0.05, 0.1) is 12.1 Å². The van der Waals surface area contributed by atoms with Gasteiger partial charge in [0.2, 0.25) is 11.8 Å². The number of nitrogens with one attached hydrogen (secondary N) is 2. The Balaban J connectivity index is 0.00000243. The average molecular weight is 382 g/mol. The molecule has 2 amide bonds. The fourth-order valence-electron chi connectivity index (χ4n) is 3.66. The molecule has 0 aromatic heterocycles. The highest BCUT2D eigenvalue weighted by Gasteiger charge is 2.33. The molecule has 4 N–H and O–H groups in total. The van der Waals surface area contributed by atoms with Gasteiger partial charge in [-0.05, 0) is 49.4 Å². The van der Waals surface area contributed by atoms with Gasteiger partial charge in [0.15, 0.2) is 0 Å². The molecule has 1 aromatic carbocycles. The van der Waals surface area contributed by atoms with Crippen LogP contribution in [0.25, 0.3) is 0 Å². The summed E-state index contributed by atoms with van der Waals surface area (Å²) >= 11 is 0. The molecule has 0 spiro atoms. The molecule has 1 heterocycles. The molecular formula is C19H28ClN3O3. The highest BCUT2D eigenvalue weighted by atomic mass is 35.5. The van der Waals surface area contributed by atoms with Crippen molar-refractivity contribution >= 4 is 29.9 Å². The first-order valence-electron chi connectivity index (χ1n) is 9.17. The Hall–Kier alpha value is -1.79. The third kappa shape index (κ3) is 5.11. The molecule has 2 aliphatic rings. The average Bonchev–Trinajstić information content (AvgIpc) is 3.07. The third-order valence-electron chi connectivity index (χ3n) is 5.15. The van der Waals surface area contributed by atoms with Gasteiger partial charge in [-0.25, -0.2) is 0 Å². The van der Waals surface area contributed by atoms with Crippen molar-refractivity contribution in [3.8, 4) is 5.75 Å². The maximum absolute atomic E-state index is 12.1. The number of aryl methyl sites for hydroxylation is 1. The molecule has 1 aliphatic carbocycles. The van der Waals surface area contributed by atoms with E-state index in [9.17, 15) is 9.59 Å². The first-order chi connectivity index (χ1) is 12.1. The van der Waals surface area contributed by atoms with Crippen LogP contribution in [0.4, 0.5) is 5.69 Å². The number of benzene rings is 1. The molecule has 0 unspecified atom stereocenters. The second-order valence-corrected chi connectivity index (χ2v) is 7.06. The van der Waals surface area contributed by atoms with Crippen LogP contribution in [0.1, 0.15) is 50.5 Å². The maximum atomic E-state index is 12.1. The van der Waals surface area contributed by atoms with E-state index in [1.807, 2.05) is 18.2 Å². The molecular weight excluding hydrogens is 354 g/mol. The summed E-state index contributed by atoms with van der Waals surface area (Å²) in [5.41, 5.74) is 7.63. The molecule has 1 saturated carbocycles. The minimum Gasteiger partial charge on any atom is -0.494 e. The van der Waals surface area contributed by atoms with E-state index in [4.69, 9.17) is 10.5 Å². The number of nitrogens with two attached hydrogens (primary N) is 1. The zero-order valence-electron chi connectivity index (χ0n) is 15.0. The number of hydrogen-bond donors (Lipinski definition) is 3. The Morgan fingerprint density at radius 2 is 2.04 bits per heavy atom. The summed E-state index contributed by atoms with van der Waals surface area (Å²) in [4.78, 5) is 23.5. The normalized spacial score (nSPS) is 17.7. The van der Waals surface area contributed by atoms with Gasteiger partial charge < -0.3 is 21.1 Å². The van der Waals surface area contributed by atoms with Crippen LogP contribution in [0.15, 0.2) is 18.2 Å². The summed E-state index contributed by atoms with van der Waals surface area (Å²) in [5.74, 6) is 0.901. The van der Waals surface area contributed by atoms with Gasteiger partial charge in [-0.3, -0.25) is 9.59 Å². The van der Waals surface area contributed by atoms with E-state index in [0.717, 1.165) is 49.1 Å². The fraction of sp³-hybridized carbons (Fsp3) is 0.579. The fourth-order valence-corrected chi connectivity index (χ4v) is 3.66. The summed E-state index contributed by atoms with van der Waals surface area (Å²) < 4.78 is 5.75. The second-order valence-electron chi connectivity index (χ2n) is 7.06. The Morgan fingerprint density at radius 1 is 1.27 bits per heavy atom. The van der Waals surface area contributed by atoms with E-state index >= 15 is 0 Å². The number of hydrogen-bond acceptors (Lipinski definition) is 4. The van der Waals surface area contributed by atoms with Gasteiger partial charge in [0.1, 0.15) is 5.75 Å².